The van der Waals surface area contributed by atoms with E-state index in [1.165, 1.54) is 18.5 Å². The Kier molecular flexibility index (Phi) is 3.95. The van der Waals surface area contributed by atoms with Gasteiger partial charge in [0.15, 0.2) is 0 Å². The van der Waals surface area contributed by atoms with E-state index in [2.05, 4.69) is 39.5 Å². The second kappa shape index (κ2) is 6.04. The molecule has 1 saturated heterocycles. The molecule has 2 aromatic rings. The zero-order chi connectivity index (χ0) is 14.7. The van der Waals surface area contributed by atoms with Gasteiger partial charge in [-0.2, -0.15) is 0 Å². The molecular formula is C17H21N3O. The fourth-order valence-corrected chi connectivity index (χ4v) is 2.68. The van der Waals surface area contributed by atoms with Crippen molar-refractivity contribution in [3.05, 3.63) is 47.8 Å². The molecule has 3 rings (SSSR count). The topological polar surface area (TPSA) is 48.4 Å². The van der Waals surface area contributed by atoms with E-state index in [4.69, 9.17) is 0 Å². The van der Waals surface area contributed by atoms with Crippen LogP contribution in [-0.4, -0.2) is 23.2 Å². The molecule has 1 aliphatic rings. The summed E-state index contributed by atoms with van der Waals surface area (Å²) < 4.78 is 0. The van der Waals surface area contributed by atoms with Crippen LogP contribution in [0, 0.1) is 6.92 Å². The van der Waals surface area contributed by atoms with Crippen LogP contribution in [0.25, 0.3) is 0 Å². The highest BCUT2D eigenvalue weighted by Gasteiger charge is 2.11. The van der Waals surface area contributed by atoms with Crippen LogP contribution in [0.5, 0.6) is 5.75 Å². The van der Waals surface area contributed by atoms with Crippen LogP contribution in [0.1, 0.15) is 24.2 Å². The van der Waals surface area contributed by atoms with Crippen LogP contribution in [0.2, 0.25) is 0 Å². The Labute approximate surface area is 125 Å². The van der Waals surface area contributed by atoms with Crippen molar-refractivity contribution >= 4 is 11.4 Å². The molecule has 0 bridgehead atoms. The molecule has 4 heteroatoms. The number of aromatic nitrogens is 1. The molecule has 0 spiro atoms. The summed E-state index contributed by atoms with van der Waals surface area (Å²) in [6.45, 7) is 4.77. The molecule has 0 amide bonds. The molecule has 4 nitrogen and oxygen atoms in total. The Hall–Kier alpha value is -2.23. The summed E-state index contributed by atoms with van der Waals surface area (Å²) in [5, 5.41) is 13.1. The largest absolute Gasteiger partial charge is 0.506 e. The quantitative estimate of drug-likeness (QED) is 0.904. The van der Waals surface area contributed by atoms with Gasteiger partial charge >= 0.3 is 0 Å². The van der Waals surface area contributed by atoms with Crippen LogP contribution in [0.4, 0.5) is 11.4 Å². The molecule has 0 atom stereocenters. The predicted molar refractivity (Wildman–Crippen MR) is 85.9 cm³/mol. The molecule has 110 valence electrons. The van der Waals surface area contributed by atoms with Crippen LogP contribution in [0.15, 0.2) is 36.4 Å². The van der Waals surface area contributed by atoms with E-state index in [0.717, 1.165) is 24.5 Å². The van der Waals surface area contributed by atoms with Gasteiger partial charge in [0.25, 0.3) is 0 Å². The van der Waals surface area contributed by atoms with Gasteiger partial charge < -0.3 is 15.3 Å². The normalized spacial score (nSPS) is 14.4. The smallest absolute Gasteiger partial charge is 0.138 e. The fourth-order valence-electron chi connectivity index (χ4n) is 2.68. The van der Waals surface area contributed by atoms with Crippen molar-refractivity contribution in [2.45, 2.75) is 26.3 Å². The lowest BCUT2D eigenvalue weighted by Crippen LogP contribution is -2.17. The van der Waals surface area contributed by atoms with Crippen LogP contribution < -0.4 is 10.2 Å². The molecule has 1 fully saturated rings. The minimum Gasteiger partial charge on any atom is -0.506 e. The molecule has 0 unspecified atom stereocenters. The van der Waals surface area contributed by atoms with E-state index in [-0.39, 0.29) is 5.75 Å². The van der Waals surface area contributed by atoms with Crippen molar-refractivity contribution in [2.75, 3.05) is 23.3 Å². The van der Waals surface area contributed by atoms with Crippen LogP contribution >= 0.6 is 0 Å². The first-order valence-electron chi connectivity index (χ1n) is 7.47. The Morgan fingerprint density at radius 1 is 1.10 bits per heavy atom. The van der Waals surface area contributed by atoms with Gasteiger partial charge in [0.2, 0.25) is 0 Å². The third-order valence-corrected chi connectivity index (χ3v) is 3.89. The standard InChI is InChI=1S/C17H21N3O/c1-13-4-9-17(21)16(19-13)12-18-14-5-7-15(8-6-14)20-10-2-3-11-20/h4-9,18,21H,2-3,10-12H2,1H3. The maximum Gasteiger partial charge on any atom is 0.138 e. The first-order chi connectivity index (χ1) is 10.2. The highest BCUT2D eigenvalue weighted by molar-refractivity contribution is 5.55. The number of rotatable bonds is 4. The summed E-state index contributed by atoms with van der Waals surface area (Å²) in [4.78, 5) is 6.76. The highest BCUT2D eigenvalue weighted by Crippen LogP contribution is 2.23. The number of pyridine rings is 1. The van der Waals surface area contributed by atoms with E-state index in [0.29, 0.717) is 12.2 Å². The first kappa shape index (κ1) is 13.7. The maximum absolute atomic E-state index is 9.79. The van der Waals surface area contributed by atoms with E-state index in [1.807, 2.05) is 13.0 Å². The number of hydrogen-bond donors (Lipinski definition) is 2. The highest BCUT2D eigenvalue weighted by atomic mass is 16.3. The Balaban J connectivity index is 1.64. The summed E-state index contributed by atoms with van der Waals surface area (Å²) in [5.41, 5.74) is 3.92. The molecule has 21 heavy (non-hydrogen) atoms. The zero-order valence-electron chi connectivity index (χ0n) is 12.3. The summed E-state index contributed by atoms with van der Waals surface area (Å²) in [7, 11) is 0. The van der Waals surface area contributed by atoms with E-state index < -0.39 is 0 Å². The molecule has 0 aliphatic carbocycles. The number of anilines is 2. The predicted octanol–water partition coefficient (Wildman–Crippen LogP) is 3.31. The number of hydrogen-bond acceptors (Lipinski definition) is 4. The monoisotopic (exact) mass is 283 g/mol. The molecule has 1 aromatic carbocycles. The Morgan fingerprint density at radius 3 is 2.52 bits per heavy atom. The van der Waals surface area contributed by atoms with Crippen molar-refractivity contribution in [1.82, 2.24) is 4.98 Å². The maximum atomic E-state index is 9.79. The van der Waals surface area contributed by atoms with Crippen molar-refractivity contribution in [3.63, 3.8) is 0 Å². The molecule has 0 saturated carbocycles. The summed E-state index contributed by atoms with van der Waals surface area (Å²) in [5.74, 6) is 0.238. The van der Waals surface area contributed by atoms with Gasteiger partial charge in [0.1, 0.15) is 11.4 Å². The first-order valence-corrected chi connectivity index (χ1v) is 7.47. The molecule has 2 N–H and O–H groups in total. The summed E-state index contributed by atoms with van der Waals surface area (Å²) >= 11 is 0. The van der Waals surface area contributed by atoms with Gasteiger partial charge in [-0.3, -0.25) is 4.98 Å². The second-order valence-corrected chi connectivity index (χ2v) is 5.51. The minimum absolute atomic E-state index is 0.238. The lowest BCUT2D eigenvalue weighted by Gasteiger charge is -2.18. The van der Waals surface area contributed by atoms with E-state index in [1.54, 1.807) is 6.07 Å². The van der Waals surface area contributed by atoms with Crippen LogP contribution in [-0.2, 0) is 6.54 Å². The summed E-state index contributed by atoms with van der Waals surface area (Å²) in [6.07, 6.45) is 2.58. The summed E-state index contributed by atoms with van der Waals surface area (Å²) in [6, 6.07) is 12.0. The van der Waals surface area contributed by atoms with Gasteiger partial charge in [-0.25, -0.2) is 0 Å². The van der Waals surface area contributed by atoms with Crippen LogP contribution in [0.3, 0.4) is 0 Å². The van der Waals surface area contributed by atoms with Gasteiger partial charge in [0, 0.05) is 30.2 Å². The molecule has 2 heterocycles. The number of aryl methyl sites for hydroxylation is 1. The third-order valence-electron chi connectivity index (χ3n) is 3.89. The lowest BCUT2D eigenvalue weighted by atomic mass is 10.2. The van der Waals surface area contributed by atoms with E-state index in [9.17, 15) is 5.11 Å². The minimum atomic E-state index is 0.238. The van der Waals surface area contributed by atoms with Gasteiger partial charge in [-0.05, 0) is 56.2 Å². The van der Waals surface area contributed by atoms with E-state index >= 15 is 0 Å². The average Bonchev–Trinajstić information content (AvgIpc) is 3.03. The number of aromatic hydroxyl groups is 1. The zero-order valence-corrected chi connectivity index (χ0v) is 12.3. The molecule has 1 aromatic heterocycles. The number of nitrogens with one attached hydrogen (secondary N) is 1. The van der Waals surface area contributed by atoms with Crippen molar-refractivity contribution < 1.29 is 5.11 Å². The van der Waals surface area contributed by atoms with Crippen molar-refractivity contribution in [2.24, 2.45) is 0 Å². The Bertz CT molecular complexity index is 604. The lowest BCUT2D eigenvalue weighted by molar-refractivity contribution is 0.464. The molecule has 0 radical (unpaired) electrons. The third kappa shape index (κ3) is 3.27. The molecule has 1 aliphatic heterocycles. The van der Waals surface area contributed by atoms with Gasteiger partial charge in [0.05, 0.1) is 6.54 Å². The average molecular weight is 283 g/mol. The van der Waals surface area contributed by atoms with Gasteiger partial charge in [-0.15, -0.1) is 0 Å². The number of nitrogens with zero attached hydrogens (tertiary/aromatic N) is 2. The SMILES string of the molecule is Cc1ccc(O)c(CNc2ccc(N3CCCC3)cc2)n1. The second-order valence-electron chi connectivity index (χ2n) is 5.51. The Morgan fingerprint density at radius 2 is 1.81 bits per heavy atom. The van der Waals surface area contributed by atoms with Crippen molar-refractivity contribution in [1.29, 1.82) is 0 Å². The number of benzene rings is 1. The fraction of sp³-hybridized carbons (Fsp3) is 0.353. The van der Waals surface area contributed by atoms with Gasteiger partial charge in [-0.1, -0.05) is 0 Å². The van der Waals surface area contributed by atoms with Crippen molar-refractivity contribution in [3.8, 4) is 5.75 Å². The molecular weight excluding hydrogens is 262 g/mol.